The SMILES string of the molecule is CC.Cc1cc2cccc(COCF)c2o1. The van der Waals surface area contributed by atoms with Crippen LogP contribution in [-0.2, 0) is 11.3 Å². The molecule has 0 N–H and O–H groups in total. The molecule has 0 radical (unpaired) electrons. The van der Waals surface area contributed by atoms with Gasteiger partial charge in [0.15, 0.2) is 6.86 Å². The summed E-state index contributed by atoms with van der Waals surface area (Å²) in [6, 6.07) is 7.70. The summed E-state index contributed by atoms with van der Waals surface area (Å²) in [7, 11) is 0. The Bertz CT molecular complexity index is 434. The Kier molecular flexibility index (Phi) is 4.99. The summed E-state index contributed by atoms with van der Waals surface area (Å²) < 4.78 is 22.0. The third kappa shape index (κ3) is 2.83. The molecule has 88 valence electrons. The Labute approximate surface area is 95.0 Å². The Morgan fingerprint density at radius 1 is 1.31 bits per heavy atom. The van der Waals surface area contributed by atoms with Crippen LogP contribution in [0.15, 0.2) is 28.7 Å². The number of alkyl halides is 1. The zero-order valence-electron chi connectivity index (χ0n) is 9.92. The van der Waals surface area contributed by atoms with E-state index in [-0.39, 0.29) is 6.61 Å². The van der Waals surface area contributed by atoms with Crippen LogP contribution in [-0.4, -0.2) is 6.86 Å². The molecule has 2 rings (SSSR count). The topological polar surface area (TPSA) is 22.4 Å². The van der Waals surface area contributed by atoms with E-state index in [0.717, 1.165) is 22.3 Å². The van der Waals surface area contributed by atoms with Crippen LogP contribution in [0.3, 0.4) is 0 Å². The number of hydrogen-bond donors (Lipinski definition) is 0. The maximum Gasteiger partial charge on any atom is 0.188 e. The molecule has 0 aliphatic heterocycles. The highest BCUT2D eigenvalue weighted by molar-refractivity contribution is 5.80. The predicted molar refractivity (Wildman–Crippen MR) is 63.1 cm³/mol. The van der Waals surface area contributed by atoms with Gasteiger partial charge in [0.1, 0.15) is 11.3 Å². The summed E-state index contributed by atoms with van der Waals surface area (Å²) in [6.45, 7) is 5.37. The van der Waals surface area contributed by atoms with Gasteiger partial charge >= 0.3 is 0 Å². The van der Waals surface area contributed by atoms with E-state index >= 15 is 0 Å². The lowest BCUT2D eigenvalue weighted by atomic mass is 10.1. The smallest absolute Gasteiger partial charge is 0.188 e. The molecule has 0 saturated carbocycles. The molecule has 16 heavy (non-hydrogen) atoms. The van der Waals surface area contributed by atoms with Crippen LogP contribution in [0.5, 0.6) is 0 Å². The Morgan fingerprint density at radius 2 is 2.06 bits per heavy atom. The first-order chi connectivity index (χ1) is 7.81. The van der Waals surface area contributed by atoms with E-state index in [1.165, 1.54) is 0 Å². The van der Waals surface area contributed by atoms with Crippen molar-refractivity contribution in [3.63, 3.8) is 0 Å². The monoisotopic (exact) mass is 224 g/mol. The zero-order valence-corrected chi connectivity index (χ0v) is 9.92. The molecule has 0 saturated heterocycles. The van der Waals surface area contributed by atoms with E-state index < -0.39 is 6.86 Å². The zero-order chi connectivity index (χ0) is 12.0. The van der Waals surface area contributed by atoms with Gasteiger partial charge in [-0.15, -0.1) is 0 Å². The Balaban J connectivity index is 0.000000606. The fourth-order valence-electron chi connectivity index (χ4n) is 1.51. The molecule has 1 aromatic heterocycles. The second-order valence-electron chi connectivity index (χ2n) is 3.15. The summed E-state index contributed by atoms with van der Waals surface area (Å²) in [5.41, 5.74) is 1.67. The molecule has 3 heteroatoms. The molecule has 0 atom stereocenters. The lowest BCUT2D eigenvalue weighted by molar-refractivity contribution is 0.0464. The molecule has 0 spiro atoms. The summed E-state index contributed by atoms with van der Waals surface area (Å²) in [4.78, 5) is 0. The minimum absolute atomic E-state index is 0.251. The van der Waals surface area contributed by atoms with Crippen molar-refractivity contribution in [2.75, 3.05) is 6.86 Å². The van der Waals surface area contributed by atoms with Crippen molar-refractivity contribution in [2.45, 2.75) is 27.4 Å². The maximum absolute atomic E-state index is 11.8. The van der Waals surface area contributed by atoms with E-state index in [2.05, 4.69) is 0 Å². The summed E-state index contributed by atoms with van der Waals surface area (Å²) in [5.74, 6) is 0.854. The van der Waals surface area contributed by atoms with Gasteiger partial charge in [-0.1, -0.05) is 32.0 Å². The fraction of sp³-hybridized carbons (Fsp3) is 0.385. The minimum atomic E-state index is -0.768. The molecular formula is C13H17FO2. The predicted octanol–water partition coefficient (Wildman–Crippen LogP) is 4.21. The Hall–Kier alpha value is -1.35. The van der Waals surface area contributed by atoms with Crippen LogP contribution in [0.4, 0.5) is 4.39 Å². The molecule has 0 amide bonds. The largest absolute Gasteiger partial charge is 0.461 e. The van der Waals surface area contributed by atoms with Crippen LogP contribution < -0.4 is 0 Å². The Morgan fingerprint density at radius 3 is 2.75 bits per heavy atom. The van der Waals surface area contributed by atoms with Crippen molar-refractivity contribution in [3.05, 3.63) is 35.6 Å². The lowest BCUT2D eigenvalue weighted by Crippen LogP contribution is -1.90. The molecular weight excluding hydrogens is 207 g/mol. The van der Waals surface area contributed by atoms with E-state index in [0.29, 0.717) is 0 Å². The van der Waals surface area contributed by atoms with E-state index in [1.807, 2.05) is 45.0 Å². The van der Waals surface area contributed by atoms with Crippen molar-refractivity contribution in [3.8, 4) is 0 Å². The van der Waals surface area contributed by atoms with Gasteiger partial charge in [0, 0.05) is 10.9 Å². The average molecular weight is 224 g/mol. The van der Waals surface area contributed by atoms with Gasteiger partial charge in [-0.2, -0.15) is 0 Å². The molecule has 0 fully saturated rings. The van der Waals surface area contributed by atoms with Crippen molar-refractivity contribution in [1.29, 1.82) is 0 Å². The minimum Gasteiger partial charge on any atom is -0.461 e. The van der Waals surface area contributed by atoms with Crippen LogP contribution >= 0.6 is 0 Å². The van der Waals surface area contributed by atoms with Gasteiger partial charge in [-0.3, -0.25) is 0 Å². The first-order valence-corrected chi connectivity index (χ1v) is 5.43. The van der Waals surface area contributed by atoms with Crippen molar-refractivity contribution in [2.24, 2.45) is 0 Å². The third-order valence-corrected chi connectivity index (χ3v) is 2.08. The average Bonchev–Trinajstić information content (AvgIpc) is 2.69. The third-order valence-electron chi connectivity index (χ3n) is 2.08. The highest BCUT2D eigenvalue weighted by atomic mass is 19.1. The second-order valence-corrected chi connectivity index (χ2v) is 3.15. The summed E-state index contributed by atoms with van der Waals surface area (Å²) in [6.07, 6.45) is 0. The first kappa shape index (κ1) is 12.7. The van der Waals surface area contributed by atoms with Gasteiger partial charge < -0.3 is 9.15 Å². The number of ether oxygens (including phenoxy) is 1. The number of rotatable bonds is 3. The number of fused-ring (bicyclic) bond motifs is 1. The molecule has 1 heterocycles. The van der Waals surface area contributed by atoms with Crippen molar-refractivity contribution < 1.29 is 13.5 Å². The van der Waals surface area contributed by atoms with Crippen LogP contribution in [0, 0.1) is 6.92 Å². The van der Waals surface area contributed by atoms with E-state index in [1.54, 1.807) is 0 Å². The van der Waals surface area contributed by atoms with Gasteiger partial charge in [-0.25, -0.2) is 4.39 Å². The summed E-state index contributed by atoms with van der Waals surface area (Å²) in [5, 5.41) is 1.03. The van der Waals surface area contributed by atoms with Gasteiger partial charge in [-0.05, 0) is 13.0 Å². The normalized spacial score (nSPS) is 10.0. The second kappa shape index (κ2) is 6.28. The molecule has 2 aromatic rings. The molecule has 2 nitrogen and oxygen atoms in total. The highest BCUT2D eigenvalue weighted by Crippen LogP contribution is 2.23. The fourth-order valence-corrected chi connectivity index (χ4v) is 1.51. The number of furan rings is 1. The lowest BCUT2D eigenvalue weighted by Gasteiger charge is -2.00. The summed E-state index contributed by atoms with van der Waals surface area (Å²) >= 11 is 0. The first-order valence-electron chi connectivity index (χ1n) is 5.43. The molecule has 0 unspecified atom stereocenters. The molecule has 0 bridgehead atoms. The maximum atomic E-state index is 11.8. The van der Waals surface area contributed by atoms with Crippen molar-refractivity contribution >= 4 is 11.0 Å². The number of hydrogen-bond acceptors (Lipinski definition) is 2. The van der Waals surface area contributed by atoms with E-state index in [4.69, 9.17) is 9.15 Å². The van der Waals surface area contributed by atoms with Crippen LogP contribution in [0.25, 0.3) is 11.0 Å². The number of aryl methyl sites for hydroxylation is 1. The standard InChI is InChI=1S/C11H11FO2.C2H6/c1-8-5-9-3-2-4-10(6-13-7-12)11(9)14-8;1-2/h2-5H,6-7H2,1H3;1-2H3. The quantitative estimate of drug-likeness (QED) is 0.779. The van der Waals surface area contributed by atoms with Gasteiger partial charge in [0.2, 0.25) is 0 Å². The molecule has 0 aliphatic carbocycles. The number of para-hydroxylation sites is 1. The highest BCUT2D eigenvalue weighted by Gasteiger charge is 2.05. The van der Waals surface area contributed by atoms with Crippen LogP contribution in [0.1, 0.15) is 25.2 Å². The van der Waals surface area contributed by atoms with Gasteiger partial charge in [0.05, 0.1) is 6.61 Å². The number of halogens is 1. The van der Waals surface area contributed by atoms with Crippen molar-refractivity contribution in [1.82, 2.24) is 0 Å². The van der Waals surface area contributed by atoms with Gasteiger partial charge in [0.25, 0.3) is 0 Å². The number of benzene rings is 1. The molecule has 0 aliphatic rings. The van der Waals surface area contributed by atoms with Crippen LogP contribution in [0.2, 0.25) is 0 Å². The van der Waals surface area contributed by atoms with E-state index in [9.17, 15) is 4.39 Å². The molecule has 1 aromatic carbocycles.